The Morgan fingerprint density at radius 3 is 1.70 bits per heavy atom. The van der Waals surface area contributed by atoms with E-state index in [0.717, 1.165) is 5.56 Å². The Bertz CT molecular complexity index is 738. The molecule has 0 saturated carbocycles. The number of benzene rings is 3. The fourth-order valence-corrected chi connectivity index (χ4v) is 5.32. The molecular weight excluding hydrogens is 299 g/mol. The highest BCUT2D eigenvalue weighted by Crippen LogP contribution is 2.11. The second-order valence-corrected chi connectivity index (χ2v) is 8.18. The van der Waals surface area contributed by atoms with Gasteiger partial charge in [0.1, 0.15) is 14.6 Å². The molecule has 0 fully saturated rings. The summed E-state index contributed by atoms with van der Waals surface area (Å²) in [5.74, 6) is -0.198. The highest BCUT2D eigenvalue weighted by molar-refractivity contribution is 6.91. The third-order valence-corrected chi connectivity index (χ3v) is 6.53. The molecule has 1 radical (unpaired) electrons. The van der Waals surface area contributed by atoms with Crippen LogP contribution in [0.4, 0.5) is 4.39 Å². The first-order valence-corrected chi connectivity index (χ1v) is 9.16. The van der Waals surface area contributed by atoms with Gasteiger partial charge in [0.2, 0.25) is 0 Å². The summed E-state index contributed by atoms with van der Waals surface area (Å²) >= 11 is 0. The number of halogens is 1. The average Bonchev–Trinajstić information content (AvgIpc) is 2.59. The van der Waals surface area contributed by atoms with Crippen molar-refractivity contribution in [1.82, 2.24) is 0 Å². The van der Waals surface area contributed by atoms with Gasteiger partial charge in [-0.25, -0.2) is 4.39 Å². The molecule has 0 atom stereocenters. The van der Waals surface area contributed by atoms with Crippen molar-refractivity contribution in [3.8, 4) is 0 Å². The molecule has 0 saturated heterocycles. The summed E-state index contributed by atoms with van der Waals surface area (Å²) in [6.45, 7) is 2.18. The number of hydrogen-bond donors (Lipinski definition) is 0. The highest BCUT2D eigenvalue weighted by atomic mass is 28.3. The predicted octanol–water partition coefficient (Wildman–Crippen LogP) is 4.08. The summed E-state index contributed by atoms with van der Waals surface area (Å²) in [6, 6.07) is 27.9. The van der Waals surface area contributed by atoms with Crippen molar-refractivity contribution in [3.05, 3.63) is 102 Å². The second kappa shape index (κ2) is 7.21. The van der Waals surface area contributed by atoms with Crippen LogP contribution >= 0.6 is 0 Å². The van der Waals surface area contributed by atoms with Gasteiger partial charge in [-0.3, -0.25) is 0 Å². The zero-order valence-corrected chi connectivity index (χ0v) is 14.0. The van der Waals surface area contributed by atoms with E-state index < -0.39 is 8.80 Å². The molecule has 23 heavy (non-hydrogen) atoms. The summed E-state index contributed by atoms with van der Waals surface area (Å²) in [7, 11) is -1.02. The summed E-state index contributed by atoms with van der Waals surface area (Å²) < 4.78 is 13.1. The molecule has 3 aromatic carbocycles. The van der Waals surface area contributed by atoms with E-state index in [1.165, 1.54) is 27.7 Å². The predicted molar refractivity (Wildman–Crippen MR) is 98.0 cm³/mol. The minimum absolute atomic E-state index is 0.198. The molecule has 0 amide bonds. The summed E-state index contributed by atoms with van der Waals surface area (Å²) in [5, 5.41) is 4.05. The molecule has 0 heterocycles. The van der Waals surface area contributed by atoms with Crippen LogP contribution in [0.25, 0.3) is 6.08 Å². The lowest BCUT2D eigenvalue weighted by Crippen LogP contribution is -2.43. The van der Waals surface area contributed by atoms with Gasteiger partial charge in [0.05, 0.1) is 0 Å². The lowest BCUT2D eigenvalue weighted by atomic mass is 10.2. The Morgan fingerprint density at radius 1 is 0.739 bits per heavy atom. The van der Waals surface area contributed by atoms with Crippen molar-refractivity contribution >= 4 is 25.2 Å². The molecule has 0 bridgehead atoms. The summed E-state index contributed by atoms with van der Waals surface area (Å²) in [4.78, 5) is 0. The van der Waals surface area contributed by atoms with Crippen molar-refractivity contribution in [1.29, 1.82) is 0 Å². The Balaban J connectivity index is 2.03. The van der Waals surface area contributed by atoms with Crippen molar-refractivity contribution in [2.75, 3.05) is 0 Å². The van der Waals surface area contributed by atoms with E-state index in [1.807, 2.05) is 24.3 Å². The van der Waals surface area contributed by atoms with Gasteiger partial charge in [-0.2, -0.15) is 0 Å². The molecule has 113 valence electrons. The zero-order chi connectivity index (χ0) is 16.1. The van der Waals surface area contributed by atoms with E-state index in [2.05, 4.69) is 61.5 Å². The third-order valence-electron chi connectivity index (χ3n) is 3.77. The number of rotatable bonds is 4. The van der Waals surface area contributed by atoms with Gasteiger partial charge < -0.3 is 0 Å². The largest absolute Gasteiger partial charge is 0.207 e. The van der Waals surface area contributed by atoms with Gasteiger partial charge in [-0.1, -0.05) is 94.4 Å². The van der Waals surface area contributed by atoms with E-state index >= 15 is 0 Å². The lowest BCUT2D eigenvalue weighted by Gasteiger charge is -2.17. The maximum atomic E-state index is 13.1. The van der Waals surface area contributed by atoms with Crippen molar-refractivity contribution in [3.63, 3.8) is 0 Å². The molecule has 3 rings (SSSR count). The van der Waals surface area contributed by atoms with Crippen LogP contribution in [0.15, 0.2) is 90.1 Å². The zero-order valence-electron chi connectivity index (χ0n) is 13.0. The molecule has 0 aliphatic heterocycles. The van der Waals surface area contributed by atoms with Gasteiger partial charge in [-0.15, -0.1) is 0 Å². The van der Waals surface area contributed by atoms with E-state index in [-0.39, 0.29) is 5.82 Å². The van der Waals surface area contributed by atoms with E-state index in [4.69, 9.17) is 0 Å². The van der Waals surface area contributed by atoms with Crippen molar-refractivity contribution < 1.29 is 4.39 Å². The topological polar surface area (TPSA) is 0 Å². The van der Waals surface area contributed by atoms with Crippen molar-refractivity contribution in [2.24, 2.45) is 0 Å². The lowest BCUT2D eigenvalue weighted by molar-refractivity contribution is 0.628. The smallest absolute Gasteiger partial charge is 0.150 e. The second-order valence-electron chi connectivity index (χ2n) is 5.49. The van der Waals surface area contributed by atoms with Gasteiger partial charge in [0, 0.05) is 0 Å². The van der Waals surface area contributed by atoms with Crippen LogP contribution in [0.1, 0.15) is 12.5 Å². The Kier molecular flexibility index (Phi) is 4.84. The van der Waals surface area contributed by atoms with E-state index in [0.29, 0.717) is 0 Å². The average molecular weight is 317 g/mol. The molecule has 0 aliphatic rings. The van der Waals surface area contributed by atoms with Crippen LogP contribution in [0.2, 0.25) is 0 Å². The van der Waals surface area contributed by atoms with Gasteiger partial charge in [0.15, 0.2) is 0 Å². The Morgan fingerprint density at radius 2 is 1.22 bits per heavy atom. The molecule has 0 unspecified atom stereocenters. The van der Waals surface area contributed by atoms with E-state index in [9.17, 15) is 4.39 Å². The highest BCUT2D eigenvalue weighted by Gasteiger charge is 2.18. The van der Waals surface area contributed by atoms with Crippen LogP contribution in [0, 0.1) is 5.82 Å². The minimum Gasteiger partial charge on any atom is -0.207 e. The first kappa shape index (κ1) is 15.4. The fraction of sp³-hybridized carbons (Fsp3) is 0.0476. The number of hydrogen-bond acceptors (Lipinski definition) is 0. The monoisotopic (exact) mass is 317 g/mol. The SMILES string of the molecule is C/C(=C\c1ccc(F)cc1)[Si](c1ccccc1)c1ccccc1. The first-order valence-electron chi connectivity index (χ1n) is 7.66. The number of allylic oxidation sites excluding steroid dienone is 1. The molecule has 2 heteroatoms. The quantitative estimate of drug-likeness (QED) is 0.636. The fourth-order valence-electron chi connectivity index (χ4n) is 2.71. The van der Waals surface area contributed by atoms with Gasteiger partial charge in [-0.05, 0) is 24.6 Å². The van der Waals surface area contributed by atoms with Crippen LogP contribution in [0.3, 0.4) is 0 Å². The Labute approximate surface area is 138 Å². The molecule has 0 nitrogen and oxygen atoms in total. The Hall–Kier alpha value is -2.45. The summed E-state index contributed by atoms with van der Waals surface area (Å²) in [5.41, 5.74) is 1.04. The molecule has 0 aromatic heterocycles. The standard InChI is InChI=1S/C21H18FSi/c1-17(16-18-12-14-19(22)15-13-18)23(20-8-4-2-5-9-20)21-10-6-3-7-11-21/h2-16H,1H3/b17-16+. The summed E-state index contributed by atoms with van der Waals surface area (Å²) in [6.07, 6.45) is 2.17. The molecule has 0 spiro atoms. The maximum Gasteiger partial charge on any atom is 0.150 e. The van der Waals surface area contributed by atoms with Gasteiger partial charge >= 0.3 is 0 Å². The van der Waals surface area contributed by atoms with Crippen LogP contribution in [-0.2, 0) is 0 Å². The first-order chi connectivity index (χ1) is 11.2. The molecular formula is C21H18FSi. The van der Waals surface area contributed by atoms with Crippen molar-refractivity contribution in [2.45, 2.75) is 6.92 Å². The van der Waals surface area contributed by atoms with Crippen LogP contribution < -0.4 is 10.4 Å². The molecule has 3 aromatic rings. The maximum absolute atomic E-state index is 13.1. The molecule has 0 aliphatic carbocycles. The van der Waals surface area contributed by atoms with E-state index in [1.54, 1.807) is 0 Å². The third kappa shape index (κ3) is 3.85. The van der Waals surface area contributed by atoms with Crippen LogP contribution in [-0.4, -0.2) is 8.80 Å². The normalized spacial score (nSPS) is 11.7. The molecule has 0 N–H and O–H groups in total. The van der Waals surface area contributed by atoms with Crippen LogP contribution in [0.5, 0.6) is 0 Å². The minimum atomic E-state index is -1.02. The van der Waals surface area contributed by atoms with Gasteiger partial charge in [0.25, 0.3) is 0 Å².